The zero-order valence-corrected chi connectivity index (χ0v) is 16.6. The molecule has 0 aromatic heterocycles. The van der Waals surface area contributed by atoms with E-state index in [-0.39, 0.29) is 5.78 Å². The van der Waals surface area contributed by atoms with Crippen molar-refractivity contribution >= 4 is 33.7 Å². The highest BCUT2D eigenvalue weighted by atomic mass is 79.9. The van der Waals surface area contributed by atoms with Gasteiger partial charge in [-0.15, -0.1) is 0 Å². The van der Waals surface area contributed by atoms with Crippen molar-refractivity contribution in [1.29, 1.82) is 0 Å². The van der Waals surface area contributed by atoms with E-state index in [9.17, 15) is 14.4 Å². The number of rotatable bonds is 5. The molecule has 2 aromatic rings. The lowest BCUT2D eigenvalue weighted by Crippen LogP contribution is -2.37. The molecule has 1 aliphatic carbocycles. The molecule has 0 N–H and O–H groups in total. The average Bonchev–Trinajstić information content (AvgIpc) is 3.02. The van der Waals surface area contributed by atoms with Gasteiger partial charge < -0.3 is 9.47 Å². The summed E-state index contributed by atoms with van der Waals surface area (Å²) in [5, 5.41) is 0. The summed E-state index contributed by atoms with van der Waals surface area (Å²) in [4.78, 5) is 38.1. The summed E-state index contributed by atoms with van der Waals surface area (Å²) in [6.45, 7) is 0. The van der Waals surface area contributed by atoms with Crippen LogP contribution in [0.15, 0.2) is 53.0 Å². The molecule has 1 aliphatic rings. The van der Waals surface area contributed by atoms with Crippen molar-refractivity contribution in [3.63, 3.8) is 0 Å². The van der Waals surface area contributed by atoms with Crippen LogP contribution >= 0.6 is 15.9 Å². The zero-order chi connectivity index (χ0) is 19.6. The fraction of sp³-hybridized carbons (Fsp3) is 0.286. The third-order valence-electron chi connectivity index (χ3n) is 5.02. The summed E-state index contributed by atoms with van der Waals surface area (Å²) >= 11 is 3.39. The Labute approximate surface area is 165 Å². The molecule has 2 atom stereocenters. The summed E-state index contributed by atoms with van der Waals surface area (Å²) in [6.07, 6.45) is 0.459. The monoisotopic (exact) mass is 430 g/mol. The van der Waals surface area contributed by atoms with E-state index in [0.29, 0.717) is 17.5 Å². The molecule has 5 nitrogen and oxygen atoms in total. The number of Topliss-reactive ketones (excluding diaryl/α,β-unsaturated/α-hetero) is 1. The predicted molar refractivity (Wildman–Crippen MR) is 102 cm³/mol. The molecule has 0 bridgehead atoms. The molecule has 0 saturated carbocycles. The van der Waals surface area contributed by atoms with E-state index in [1.54, 1.807) is 6.07 Å². The van der Waals surface area contributed by atoms with E-state index in [1.807, 2.05) is 42.5 Å². The maximum atomic E-state index is 13.1. The molecule has 2 unspecified atom stereocenters. The first kappa shape index (κ1) is 19.3. The lowest BCUT2D eigenvalue weighted by atomic mass is 9.75. The molecule has 0 saturated heterocycles. The van der Waals surface area contributed by atoms with Gasteiger partial charge in [0.25, 0.3) is 0 Å². The molecule has 0 heterocycles. The molecular formula is C21H19BrO5. The van der Waals surface area contributed by atoms with Gasteiger partial charge in [-0.25, -0.2) is 0 Å². The third-order valence-corrected chi connectivity index (χ3v) is 5.55. The minimum absolute atomic E-state index is 0.0728. The molecule has 0 amide bonds. The van der Waals surface area contributed by atoms with Crippen LogP contribution in [0.5, 0.6) is 0 Å². The van der Waals surface area contributed by atoms with Gasteiger partial charge in [-0.2, -0.15) is 0 Å². The van der Waals surface area contributed by atoms with Gasteiger partial charge >= 0.3 is 11.9 Å². The van der Waals surface area contributed by atoms with Gasteiger partial charge in [-0.05, 0) is 29.7 Å². The van der Waals surface area contributed by atoms with Crippen molar-refractivity contribution < 1.29 is 23.9 Å². The number of halogens is 1. The first-order valence-electron chi connectivity index (χ1n) is 8.51. The number of methoxy groups -OCH3 is 2. The third kappa shape index (κ3) is 3.67. The minimum atomic E-state index is -1.22. The van der Waals surface area contributed by atoms with Crippen molar-refractivity contribution in [2.24, 2.45) is 11.8 Å². The number of hydrogen-bond donors (Lipinski definition) is 0. The average molecular weight is 431 g/mol. The van der Waals surface area contributed by atoms with Crippen molar-refractivity contribution in [2.45, 2.75) is 12.3 Å². The maximum Gasteiger partial charge on any atom is 0.320 e. The minimum Gasteiger partial charge on any atom is -0.468 e. The number of benzene rings is 2. The second kappa shape index (κ2) is 8.05. The van der Waals surface area contributed by atoms with Crippen LogP contribution in [0.1, 0.15) is 27.4 Å². The Morgan fingerprint density at radius 1 is 1.00 bits per heavy atom. The van der Waals surface area contributed by atoms with Gasteiger partial charge in [0.2, 0.25) is 0 Å². The fourth-order valence-electron chi connectivity index (χ4n) is 3.74. The van der Waals surface area contributed by atoms with E-state index < -0.39 is 29.7 Å². The van der Waals surface area contributed by atoms with Gasteiger partial charge in [-0.3, -0.25) is 14.4 Å². The van der Waals surface area contributed by atoms with Crippen LogP contribution < -0.4 is 0 Å². The number of fused-ring (bicyclic) bond motifs is 1. The topological polar surface area (TPSA) is 69.7 Å². The summed E-state index contributed by atoms with van der Waals surface area (Å²) in [5.74, 6) is -3.94. The Morgan fingerprint density at radius 2 is 1.59 bits per heavy atom. The zero-order valence-electron chi connectivity index (χ0n) is 15.0. The maximum absolute atomic E-state index is 13.1. The van der Waals surface area contributed by atoms with Gasteiger partial charge in [0.1, 0.15) is 0 Å². The predicted octanol–water partition coefficient (Wildman–Crippen LogP) is 3.55. The van der Waals surface area contributed by atoms with Crippen LogP contribution in [0.4, 0.5) is 0 Å². The van der Waals surface area contributed by atoms with E-state index in [1.165, 1.54) is 14.2 Å². The van der Waals surface area contributed by atoms with E-state index in [4.69, 9.17) is 9.47 Å². The Kier molecular flexibility index (Phi) is 5.75. The highest BCUT2D eigenvalue weighted by Gasteiger charge is 2.47. The number of ether oxygens (including phenoxy) is 2. The molecule has 0 fully saturated rings. The SMILES string of the molecule is COC(=O)C(C(=O)OC)C(c1ccc(Br)cc1)C1Cc2ccccc2C1=O. The Bertz CT molecular complexity index is 858. The molecule has 27 heavy (non-hydrogen) atoms. The van der Waals surface area contributed by atoms with Crippen molar-refractivity contribution in [1.82, 2.24) is 0 Å². The van der Waals surface area contributed by atoms with Crippen LogP contribution in [-0.2, 0) is 25.5 Å². The van der Waals surface area contributed by atoms with Gasteiger partial charge in [0.05, 0.1) is 14.2 Å². The molecular weight excluding hydrogens is 412 g/mol. The van der Waals surface area contributed by atoms with Crippen LogP contribution in [-0.4, -0.2) is 31.9 Å². The smallest absolute Gasteiger partial charge is 0.320 e. The number of carbonyl (C=O) groups excluding carboxylic acids is 3. The quantitative estimate of drug-likeness (QED) is 0.535. The van der Waals surface area contributed by atoms with Crippen molar-refractivity contribution in [2.75, 3.05) is 14.2 Å². The largest absolute Gasteiger partial charge is 0.468 e. The summed E-state index contributed by atoms with van der Waals surface area (Å²) in [5.41, 5.74) is 2.27. The Balaban J connectivity index is 2.10. The normalized spacial score (nSPS) is 16.7. The Hall–Kier alpha value is -2.47. The van der Waals surface area contributed by atoms with Crippen LogP contribution in [0.3, 0.4) is 0 Å². The Morgan fingerprint density at radius 3 is 2.15 bits per heavy atom. The highest BCUT2D eigenvalue weighted by Crippen LogP contribution is 2.42. The number of ketones is 1. The molecule has 2 aromatic carbocycles. The van der Waals surface area contributed by atoms with Gasteiger partial charge in [0.15, 0.2) is 11.7 Å². The second-order valence-corrected chi connectivity index (χ2v) is 7.35. The van der Waals surface area contributed by atoms with Crippen LogP contribution in [0, 0.1) is 11.8 Å². The summed E-state index contributed by atoms with van der Waals surface area (Å²) < 4.78 is 10.6. The van der Waals surface area contributed by atoms with E-state index in [0.717, 1.165) is 10.0 Å². The van der Waals surface area contributed by atoms with Gasteiger partial charge in [0, 0.05) is 21.9 Å². The van der Waals surface area contributed by atoms with E-state index in [2.05, 4.69) is 15.9 Å². The number of hydrogen-bond acceptors (Lipinski definition) is 5. The highest BCUT2D eigenvalue weighted by molar-refractivity contribution is 9.10. The fourth-order valence-corrected chi connectivity index (χ4v) is 4.01. The summed E-state index contributed by atoms with van der Waals surface area (Å²) in [7, 11) is 2.45. The van der Waals surface area contributed by atoms with Crippen molar-refractivity contribution in [3.05, 3.63) is 69.7 Å². The first-order valence-corrected chi connectivity index (χ1v) is 9.30. The van der Waals surface area contributed by atoms with Gasteiger partial charge in [-0.1, -0.05) is 52.3 Å². The summed E-state index contributed by atoms with van der Waals surface area (Å²) in [6, 6.07) is 14.6. The lowest BCUT2D eigenvalue weighted by Gasteiger charge is -2.28. The first-order chi connectivity index (χ1) is 13.0. The molecule has 0 radical (unpaired) electrons. The number of esters is 2. The molecule has 0 spiro atoms. The van der Waals surface area contributed by atoms with Crippen molar-refractivity contribution in [3.8, 4) is 0 Å². The molecule has 0 aliphatic heterocycles. The molecule has 140 valence electrons. The second-order valence-electron chi connectivity index (χ2n) is 6.43. The van der Waals surface area contributed by atoms with E-state index >= 15 is 0 Å². The number of carbonyl (C=O) groups is 3. The molecule has 6 heteroatoms. The lowest BCUT2D eigenvalue weighted by molar-refractivity contribution is -0.160. The molecule has 3 rings (SSSR count). The van der Waals surface area contributed by atoms with Crippen LogP contribution in [0.25, 0.3) is 0 Å². The standard InChI is InChI=1S/C21H19BrO5/c1-26-20(24)18(21(25)27-2)17(12-7-9-14(22)10-8-12)16-11-13-5-3-4-6-15(13)19(16)23/h3-10,16-18H,11H2,1-2H3. The van der Waals surface area contributed by atoms with Crippen LogP contribution in [0.2, 0.25) is 0 Å².